The molecule has 2 aromatic heterocycles. The Morgan fingerprint density at radius 2 is 1.90 bits per heavy atom. The maximum atomic E-state index is 13.0. The van der Waals surface area contributed by atoms with Crippen molar-refractivity contribution in [3.05, 3.63) is 98.2 Å². The maximum Gasteiger partial charge on any atom is 0.261 e. The lowest BCUT2D eigenvalue weighted by molar-refractivity contribution is -0.118. The molecule has 158 valence electrons. The average molecular weight is 433 g/mol. The van der Waals surface area contributed by atoms with Crippen molar-refractivity contribution in [1.82, 2.24) is 14.9 Å². The number of nitrogens with zero attached hydrogens (tertiary/aromatic N) is 2. The lowest BCUT2D eigenvalue weighted by Gasteiger charge is -2.20. The molecule has 0 saturated heterocycles. The number of aromatic nitrogens is 2. The van der Waals surface area contributed by atoms with Gasteiger partial charge in [-0.25, -0.2) is 4.98 Å². The number of hydrogen-bond acceptors (Lipinski definition) is 5. The summed E-state index contributed by atoms with van der Waals surface area (Å²) in [5.41, 5.74) is 8.16. The number of primary amides is 1. The van der Waals surface area contributed by atoms with Crippen LogP contribution < -0.4 is 16.6 Å². The number of fused-ring (bicyclic) bond motifs is 1. The Morgan fingerprint density at radius 1 is 1.13 bits per heavy atom. The molecule has 6 nitrogen and oxygen atoms in total. The standard InChI is InChI=1S/C24H24N4O2S/c1-2-16-9-11-17(12-10-16)23(20-8-5-13-31-20)26-14-22-27-19-7-4-3-6-18(19)24(30)28(22)15-21(25)29/h3-13,23,26H,2,14-15H2,1H3,(H2,25,29). The normalized spacial score (nSPS) is 12.2. The van der Waals surface area contributed by atoms with Crippen molar-refractivity contribution in [2.24, 2.45) is 5.73 Å². The highest BCUT2D eigenvalue weighted by molar-refractivity contribution is 7.10. The maximum absolute atomic E-state index is 13.0. The monoisotopic (exact) mass is 432 g/mol. The molecule has 2 aromatic carbocycles. The fourth-order valence-electron chi connectivity index (χ4n) is 3.65. The Balaban J connectivity index is 1.71. The molecule has 7 heteroatoms. The largest absolute Gasteiger partial charge is 0.368 e. The summed E-state index contributed by atoms with van der Waals surface area (Å²) in [6.07, 6.45) is 0.984. The van der Waals surface area contributed by atoms with Crippen molar-refractivity contribution in [3.8, 4) is 0 Å². The molecular formula is C24H24N4O2S. The smallest absolute Gasteiger partial charge is 0.261 e. The predicted octanol–water partition coefficient (Wildman–Crippen LogP) is 3.38. The lowest BCUT2D eigenvalue weighted by Crippen LogP contribution is -2.34. The SMILES string of the molecule is CCc1ccc(C(NCc2nc3ccccc3c(=O)n2CC(N)=O)c2cccs2)cc1. The van der Waals surface area contributed by atoms with Gasteiger partial charge in [0.2, 0.25) is 5.91 Å². The van der Waals surface area contributed by atoms with Gasteiger partial charge in [0.15, 0.2) is 0 Å². The van der Waals surface area contributed by atoms with Crippen LogP contribution in [0.1, 0.15) is 34.8 Å². The number of nitrogens with one attached hydrogen (secondary N) is 1. The van der Waals surface area contributed by atoms with Gasteiger partial charge in [-0.1, -0.05) is 49.4 Å². The summed E-state index contributed by atoms with van der Waals surface area (Å²) in [5.74, 6) is -0.0976. The molecule has 3 N–H and O–H groups in total. The highest BCUT2D eigenvalue weighted by Gasteiger charge is 2.18. The Bertz CT molecular complexity index is 1250. The fraction of sp³-hybridized carbons (Fsp3) is 0.208. The zero-order chi connectivity index (χ0) is 21.8. The summed E-state index contributed by atoms with van der Waals surface area (Å²) >= 11 is 1.67. The number of carbonyl (C=O) groups excluding carboxylic acids is 1. The summed E-state index contributed by atoms with van der Waals surface area (Å²) in [7, 11) is 0. The van der Waals surface area contributed by atoms with E-state index in [9.17, 15) is 9.59 Å². The zero-order valence-electron chi connectivity index (χ0n) is 17.2. The number of nitrogens with two attached hydrogens (primary N) is 1. The first-order chi connectivity index (χ1) is 15.1. The topological polar surface area (TPSA) is 90.0 Å². The predicted molar refractivity (Wildman–Crippen MR) is 124 cm³/mol. The second-order valence-corrected chi connectivity index (χ2v) is 8.31. The van der Waals surface area contributed by atoms with Gasteiger partial charge >= 0.3 is 0 Å². The highest BCUT2D eigenvalue weighted by Crippen LogP contribution is 2.27. The van der Waals surface area contributed by atoms with Gasteiger partial charge in [-0.15, -0.1) is 11.3 Å². The minimum atomic E-state index is -0.578. The summed E-state index contributed by atoms with van der Waals surface area (Å²) in [6.45, 7) is 2.24. The Labute approximate surface area is 184 Å². The molecule has 2 heterocycles. The van der Waals surface area contributed by atoms with Crippen molar-refractivity contribution in [2.45, 2.75) is 32.5 Å². The number of rotatable bonds is 8. The third-order valence-corrected chi connectivity index (χ3v) is 6.21. The summed E-state index contributed by atoms with van der Waals surface area (Å²) < 4.78 is 1.36. The van der Waals surface area contributed by atoms with Gasteiger partial charge in [0.1, 0.15) is 12.4 Å². The number of para-hydroxylation sites is 1. The Morgan fingerprint density at radius 3 is 2.58 bits per heavy atom. The van der Waals surface area contributed by atoms with Crippen LogP contribution in [0.2, 0.25) is 0 Å². The minimum absolute atomic E-state index is 0.0590. The van der Waals surface area contributed by atoms with Crippen molar-refractivity contribution in [3.63, 3.8) is 0 Å². The van der Waals surface area contributed by atoms with E-state index >= 15 is 0 Å². The molecular weight excluding hydrogens is 408 g/mol. The second kappa shape index (κ2) is 9.24. The lowest BCUT2D eigenvalue weighted by atomic mass is 10.0. The molecule has 0 spiro atoms. The first-order valence-electron chi connectivity index (χ1n) is 10.2. The Kier molecular flexibility index (Phi) is 6.25. The van der Waals surface area contributed by atoms with Gasteiger partial charge < -0.3 is 5.73 Å². The van der Waals surface area contributed by atoms with Gasteiger partial charge in [-0.05, 0) is 41.1 Å². The zero-order valence-corrected chi connectivity index (χ0v) is 18.1. The van der Waals surface area contributed by atoms with Crippen LogP contribution in [0.25, 0.3) is 10.9 Å². The molecule has 0 fully saturated rings. The molecule has 1 amide bonds. The van der Waals surface area contributed by atoms with E-state index in [2.05, 4.69) is 47.6 Å². The van der Waals surface area contributed by atoms with Crippen LogP contribution in [-0.2, 0) is 24.3 Å². The molecule has 4 aromatic rings. The van der Waals surface area contributed by atoms with Crippen molar-refractivity contribution in [2.75, 3.05) is 0 Å². The van der Waals surface area contributed by atoms with E-state index in [-0.39, 0.29) is 18.1 Å². The van der Waals surface area contributed by atoms with Crippen molar-refractivity contribution >= 4 is 28.1 Å². The third-order valence-electron chi connectivity index (χ3n) is 5.27. The number of thiophene rings is 1. The molecule has 0 bridgehead atoms. The van der Waals surface area contributed by atoms with Crippen LogP contribution >= 0.6 is 11.3 Å². The number of carbonyl (C=O) groups is 1. The van der Waals surface area contributed by atoms with Crippen LogP contribution in [0.15, 0.2) is 70.8 Å². The first-order valence-corrected chi connectivity index (χ1v) is 11.1. The van der Waals surface area contributed by atoms with Gasteiger partial charge in [0.25, 0.3) is 5.56 Å². The van der Waals surface area contributed by atoms with Crippen LogP contribution in [0.3, 0.4) is 0 Å². The molecule has 0 saturated carbocycles. The van der Waals surface area contributed by atoms with Crippen LogP contribution in [0.5, 0.6) is 0 Å². The molecule has 0 radical (unpaired) electrons. The van der Waals surface area contributed by atoms with E-state index < -0.39 is 5.91 Å². The minimum Gasteiger partial charge on any atom is -0.368 e. The van der Waals surface area contributed by atoms with E-state index in [0.29, 0.717) is 23.3 Å². The quantitative estimate of drug-likeness (QED) is 0.447. The number of benzene rings is 2. The number of amides is 1. The first kappa shape index (κ1) is 21.0. The molecule has 31 heavy (non-hydrogen) atoms. The summed E-state index contributed by atoms with van der Waals surface area (Å²) in [5, 5.41) is 6.05. The van der Waals surface area contributed by atoms with Crippen LogP contribution in [0, 0.1) is 0 Å². The molecule has 1 atom stereocenters. The van der Waals surface area contributed by atoms with Gasteiger partial charge in [0.05, 0.1) is 23.5 Å². The van der Waals surface area contributed by atoms with Gasteiger partial charge in [-0.3, -0.25) is 19.5 Å². The van der Waals surface area contributed by atoms with E-state index in [1.54, 1.807) is 29.5 Å². The van der Waals surface area contributed by atoms with Crippen molar-refractivity contribution < 1.29 is 4.79 Å². The highest BCUT2D eigenvalue weighted by atomic mass is 32.1. The van der Waals surface area contributed by atoms with E-state index in [0.717, 1.165) is 16.9 Å². The van der Waals surface area contributed by atoms with Gasteiger partial charge in [-0.2, -0.15) is 0 Å². The third kappa shape index (κ3) is 4.57. The number of aryl methyl sites for hydroxylation is 1. The fourth-order valence-corrected chi connectivity index (χ4v) is 4.47. The van der Waals surface area contributed by atoms with Crippen molar-refractivity contribution in [1.29, 1.82) is 0 Å². The molecule has 0 aliphatic rings. The molecule has 0 aliphatic carbocycles. The van der Waals surface area contributed by atoms with E-state index in [1.807, 2.05) is 17.5 Å². The van der Waals surface area contributed by atoms with E-state index in [4.69, 9.17) is 5.73 Å². The average Bonchev–Trinajstić information content (AvgIpc) is 3.31. The second-order valence-electron chi connectivity index (χ2n) is 7.33. The summed E-state index contributed by atoms with van der Waals surface area (Å²) in [4.78, 5) is 30.4. The van der Waals surface area contributed by atoms with Crippen LogP contribution in [-0.4, -0.2) is 15.5 Å². The molecule has 1 unspecified atom stereocenters. The number of hydrogen-bond donors (Lipinski definition) is 2. The van der Waals surface area contributed by atoms with E-state index in [1.165, 1.54) is 10.1 Å². The molecule has 0 aliphatic heterocycles. The Hall–Kier alpha value is -3.29. The van der Waals surface area contributed by atoms with Gasteiger partial charge in [0, 0.05) is 4.88 Å². The van der Waals surface area contributed by atoms with Crippen LogP contribution in [0.4, 0.5) is 0 Å². The summed E-state index contributed by atoms with van der Waals surface area (Å²) in [6, 6.07) is 19.7. The molecule has 4 rings (SSSR count).